The van der Waals surface area contributed by atoms with Crippen LogP contribution in [0.1, 0.15) is 29.9 Å². The summed E-state index contributed by atoms with van der Waals surface area (Å²) >= 11 is 0. The van der Waals surface area contributed by atoms with E-state index in [2.05, 4.69) is 15.3 Å². The second kappa shape index (κ2) is 9.09. The Balaban J connectivity index is 1.63. The van der Waals surface area contributed by atoms with Crippen LogP contribution in [0.4, 0.5) is 4.79 Å². The van der Waals surface area contributed by atoms with Crippen molar-refractivity contribution in [1.29, 1.82) is 0 Å². The molecule has 0 fully saturated rings. The topological polar surface area (TPSA) is 150 Å². The lowest BCUT2D eigenvalue weighted by molar-refractivity contribution is -0.139. The third-order valence-electron chi connectivity index (χ3n) is 4.88. The van der Waals surface area contributed by atoms with Crippen molar-refractivity contribution in [1.82, 2.24) is 5.32 Å². The number of fused-ring (bicyclic) bond motifs is 3. The van der Waals surface area contributed by atoms with Gasteiger partial charge >= 0.3 is 12.1 Å². The second-order valence-corrected chi connectivity index (χ2v) is 6.71. The predicted molar refractivity (Wildman–Crippen MR) is 106 cm³/mol. The minimum atomic E-state index is -1.22. The van der Waals surface area contributed by atoms with E-state index in [1.54, 1.807) is 0 Å². The molecule has 1 amide bonds. The van der Waals surface area contributed by atoms with Crippen molar-refractivity contribution in [3.63, 3.8) is 0 Å². The van der Waals surface area contributed by atoms with Gasteiger partial charge in [-0.1, -0.05) is 53.6 Å². The number of hydrogen-bond donors (Lipinski definition) is 3. The third kappa shape index (κ3) is 4.66. The number of amides is 1. The number of rotatable bonds is 8. The molecule has 2 atom stereocenters. The van der Waals surface area contributed by atoms with E-state index in [1.165, 1.54) is 0 Å². The quantitative estimate of drug-likeness (QED) is 0.356. The third-order valence-corrected chi connectivity index (χ3v) is 4.88. The molecule has 9 nitrogen and oxygen atoms in total. The van der Waals surface area contributed by atoms with Crippen LogP contribution in [0.15, 0.2) is 53.6 Å². The van der Waals surface area contributed by atoms with Gasteiger partial charge in [-0.05, 0) is 40.6 Å². The highest BCUT2D eigenvalue weighted by Crippen LogP contribution is 2.44. The lowest BCUT2D eigenvalue weighted by atomic mass is 9.98. The van der Waals surface area contributed by atoms with Gasteiger partial charge < -0.3 is 20.9 Å². The van der Waals surface area contributed by atoms with Gasteiger partial charge in [-0.15, -0.1) is 0 Å². The number of benzene rings is 2. The molecule has 1 aliphatic rings. The number of hydrogen-bond acceptors (Lipinski definition) is 5. The molecule has 150 valence electrons. The average molecular weight is 395 g/mol. The minimum Gasteiger partial charge on any atom is -0.480 e. The van der Waals surface area contributed by atoms with Crippen molar-refractivity contribution in [2.45, 2.75) is 31.0 Å². The summed E-state index contributed by atoms with van der Waals surface area (Å²) in [5, 5.41) is 14.9. The Labute approximate surface area is 167 Å². The molecule has 29 heavy (non-hydrogen) atoms. The Kier molecular flexibility index (Phi) is 6.33. The summed E-state index contributed by atoms with van der Waals surface area (Å²) in [4.78, 5) is 26.1. The molecule has 0 saturated carbocycles. The van der Waals surface area contributed by atoms with Gasteiger partial charge in [-0.2, -0.15) is 0 Å². The van der Waals surface area contributed by atoms with E-state index < -0.39 is 24.3 Å². The number of alkyl carbamates (subject to hydrolysis) is 1. The Morgan fingerprint density at radius 2 is 1.72 bits per heavy atom. The van der Waals surface area contributed by atoms with Crippen molar-refractivity contribution >= 4 is 12.1 Å². The standard InChI is InChI=1S/C20H21N5O4/c21-18(24-25-22)10-9-17(19(26)27)23-20(28)29-11-16-14-7-3-1-5-12(14)13-6-2-4-8-15(13)16/h1-8,16-18H,9-11,21H2,(H,23,28)(H,26,27)/t17-,18?/m0/s1. The fraction of sp³-hybridized carbons (Fsp3) is 0.300. The van der Waals surface area contributed by atoms with Gasteiger partial charge in [0.1, 0.15) is 12.6 Å². The maximum atomic E-state index is 12.2. The molecule has 0 bridgehead atoms. The molecule has 0 radical (unpaired) electrons. The molecular formula is C20H21N5O4. The molecule has 0 heterocycles. The molecule has 9 heteroatoms. The van der Waals surface area contributed by atoms with Gasteiger partial charge in [0.2, 0.25) is 0 Å². The monoisotopic (exact) mass is 395 g/mol. The summed E-state index contributed by atoms with van der Waals surface area (Å²) < 4.78 is 5.35. The second-order valence-electron chi connectivity index (χ2n) is 6.71. The van der Waals surface area contributed by atoms with Crippen LogP contribution in [0, 0.1) is 0 Å². The molecule has 0 saturated heterocycles. The van der Waals surface area contributed by atoms with Crippen LogP contribution in [-0.4, -0.2) is 36.0 Å². The molecule has 0 spiro atoms. The molecule has 1 aliphatic carbocycles. The van der Waals surface area contributed by atoms with Crippen molar-refractivity contribution in [3.8, 4) is 11.1 Å². The summed E-state index contributed by atoms with van der Waals surface area (Å²) in [5.41, 5.74) is 18.2. The van der Waals surface area contributed by atoms with Gasteiger partial charge in [0.15, 0.2) is 0 Å². The molecule has 3 rings (SSSR count). The predicted octanol–water partition coefficient (Wildman–Crippen LogP) is 3.35. The first-order chi connectivity index (χ1) is 14.0. The number of carbonyl (C=O) groups is 2. The van der Waals surface area contributed by atoms with E-state index >= 15 is 0 Å². The van der Waals surface area contributed by atoms with Crippen molar-refractivity contribution in [3.05, 3.63) is 70.1 Å². The maximum Gasteiger partial charge on any atom is 0.407 e. The number of nitrogens with zero attached hydrogens (tertiary/aromatic N) is 3. The smallest absolute Gasteiger partial charge is 0.407 e. The maximum absolute atomic E-state index is 12.2. The molecule has 1 unspecified atom stereocenters. The highest BCUT2D eigenvalue weighted by molar-refractivity contribution is 5.81. The molecule has 0 aromatic heterocycles. The highest BCUT2D eigenvalue weighted by atomic mass is 16.5. The summed E-state index contributed by atoms with van der Waals surface area (Å²) in [6.07, 6.45) is -1.55. The van der Waals surface area contributed by atoms with E-state index in [0.717, 1.165) is 22.3 Å². The number of azide groups is 1. The minimum absolute atomic E-state index is 0.0136. The van der Waals surface area contributed by atoms with Gasteiger partial charge in [0, 0.05) is 10.8 Å². The summed E-state index contributed by atoms with van der Waals surface area (Å²) in [5.74, 6) is -1.33. The average Bonchev–Trinajstić information content (AvgIpc) is 3.03. The molecule has 2 aromatic rings. The number of aliphatic carboxylic acids is 1. The zero-order valence-electron chi connectivity index (χ0n) is 15.6. The van der Waals surface area contributed by atoms with Gasteiger partial charge in [-0.25, -0.2) is 9.59 Å². The molecule has 0 aliphatic heterocycles. The number of ether oxygens (including phenoxy) is 1. The fourth-order valence-corrected chi connectivity index (χ4v) is 3.50. The Hall–Kier alpha value is -3.55. The van der Waals surface area contributed by atoms with Crippen molar-refractivity contribution in [2.24, 2.45) is 10.8 Å². The summed E-state index contributed by atoms with van der Waals surface area (Å²) in [6.45, 7) is 0.0877. The largest absolute Gasteiger partial charge is 0.480 e. The van der Waals surface area contributed by atoms with Crippen LogP contribution in [0.2, 0.25) is 0 Å². The fourth-order valence-electron chi connectivity index (χ4n) is 3.50. The molecular weight excluding hydrogens is 374 g/mol. The van der Waals surface area contributed by atoms with Gasteiger partial charge in [0.25, 0.3) is 0 Å². The van der Waals surface area contributed by atoms with E-state index in [1.807, 2.05) is 48.5 Å². The Morgan fingerprint density at radius 1 is 1.14 bits per heavy atom. The van der Waals surface area contributed by atoms with Gasteiger partial charge in [-0.3, -0.25) is 0 Å². The lowest BCUT2D eigenvalue weighted by Crippen LogP contribution is -2.42. The zero-order chi connectivity index (χ0) is 20.8. The SMILES string of the molecule is [N-]=[N+]=NC(N)CC[C@H](NC(=O)OCC1c2ccccc2-c2ccccc21)C(=O)O. The first-order valence-electron chi connectivity index (χ1n) is 9.15. The summed E-state index contributed by atoms with van der Waals surface area (Å²) in [7, 11) is 0. The van der Waals surface area contributed by atoms with Crippen molar-refractivity contribution in [2.75, 3.05) is 6.61 Å². The number of carboxylic acids is 1. The summed E-state index contributed by atoms with van der Waals surface area (Å²) in [6, 6.07) is 14.7. The number of carboxylic acid groups (broad SMARTS) is 1. The van der Waals surface area contributed by atoms with Crippen LogP contribution < -0.4 is 11.1 Å². The first-order valence-corrected chi connectivity index (χ1v) is 9.15. The van der Waals surface area contributed by atoms with Crippen LogP contribution in [0.25, 0.3) is 21.6 Å². The molecule has 2 aromatic carbocycles. The van der Waals surface area contributed by atoms with Crippen LogP contribution in [0.5, 0.6) is 0 Å². The van der Waals surface area contributed by atoms with E-state index in [9.17, 15) is 14.7 Å². The molecule has 4 N–H and O–H groups in total. The Morgan fingerprint density at radius 3 is 2.28 bits per heavy atom. The van der Waals surface area contributed by atoms with Crippen LogP contribution in [-0.2, 0) is 9.53 Å². The number of nitrogens with two attached hydrogens (primary N) is 1. The highest BCUT2D eigenvalue weighted by Gasteiger charge is 2.29. The van der Waals surface area contributed by atoms with E-state index in [0.29, 0.717) is 0 Å². The van der Waals surface area contributed by atoms with E-state index in [4.69, 9.17) is 16.0 Å². The van der Waals surface area contributed by atoms with Gasteiger partial charge in [0.05, 0.1) is 6.17 Å². The first kappa shape index (κ1) is 20.2. The number of carbonyl (C=O) groups excluding carboxylic acids is 1. The van der Waals surface area contributed by atoms with Crippen LogP contribution in [0.3, 0.4) is 0 Å². The van der Waals surface area contributed by atoms with E-state index in [-0.39, 0.29) is 25.4 Å². The van der Waals surface area contributed by atoms with Crippen molar-refractivity contribution < 1.29 is 19.4 Å². The lowest BCUT2D eigenvalue weighted by Gasteiger charge is -2.18. The zero-order valence-corrected chi connectivity index (χ0v) is 15.6. The van der Waals surface area contributed by atoms with Crippen LogP contribution >= 0.6 is 0 Å². The normalized spacial score (nSPS) is 14.1. The Bertz CT molecular complexity index is 912. The number of nitrogens with one attached hydrogen (secondary N) is 1.